The van der Waals surface area contributed by atoms with Gasteiger partial charge >= 0.3 is 0 Å². The molecule has 10 nitrogen and oxygen atoms in total. The highest BCUT2D eigenvalue weighted by Gasteiger charge is 2.44. The van der Waals surface area contributed by atoms with Crippen LogP contribution in [0.15, 0.2) is 59.0 Å². The molecule has 4 aliphatic rings. The molecular weight excluding hydrogens is 686 g/mol. The maximum Gasteiger partial charge on any atom is 0.286 e. The van der Waals surface area contributed by atoms with Crippen molar-refractivity contribution >= 4 is 39.0 Å². The van der Waals surface area contributed by atoms with E-state index < -0.39 is 21.7 Å². The Labute approximate surface area is 306 Å². The van der Waals surface area contributed by atoms with Gasteiger partial charge in [-0.1, -0.05) is 29.8 Å². The van der Waals surface area contributed by atoms with Crippen molar-refractivity contribution in [2.45, 2.75) is 76.2 Å². The van der Waals surface area contributed by atoms with Gasteiger partial charge in [0, 0.05) is 55.4 Å². The summed E-state index contributed by atoms with van der Waals surface area (Å²) in [5, 5.41) is 5.09. The Balaban J connectivity index is 1.23. The third-order valence-electron chi connectivity index (χ3n) is 11.2. The number of nitrogens with one attached hydrogen (secondary N) is 1. The van der Waals surface area contributed by atoms with E-state index in [1.807, 2.05) is 38.2 Å². The number of fused-ring (bicyclic) bond motifs is 4. The lowest BCUT2D eigenvalue weighted by Crippen LogP contribution is -2.49. The molecule has 1 spiro atoms. The van der Waals surface area contributed by atoms with Gasteiger partial charge in [-0.05, 0) is 118 Å². The van der Waals surface area contributed by atoms with Crippen LogP contribution in [0.2, 0.25) is 5.02 Å². The lowest BCUT2D eigenvalue weighted by atomic mass is 9.68. The number of ether oxygens (including phenoxy) is 2. The third-order valence-corrected chi connectivity index (χ3v) is 13.3. The van der Waals surface area contributed by atoms with Crippen molar-refractivity contribution in [3.8, 4) is 5.75 Å². The molecule has 5 atom stereocenters. The van der Waals surface area contributed by atoms with Crippen LogP contribution in [-0.4, -0.2) is 64.5 Å². The van der Waals surface area contributed by atoms with E-state index in [1.165, 1.54) is 11.1 Å². The summed E-state index contributed by atoms with van der Waals surface area (Å²) in [6, 6.07) is 13.5. The number of rotatable bonds is 5. The van der Waals surface area contributed by atoms with Crippen molar-refractivity contribution in [1.29, 1.82) is 0 Å². The first-order valence-electron chi connectivity index (χ1n) is 18.1. The molecule has 0 unspecified atom stereocenters. The summed E-state index contributed by atoms with van der Waals surface area (Å²) in [7, 11) is 0.180. The van der Waals surface area contributed by atoms with Gasteiger partial charge < -0.3 is 14.4 Å². The van der Waals surface area contributed by atoms with Crippen molar-refractivity contribution in [3.63, 3.8) is 0 Å². The number of aryl methyl sites for hydroxylation is 4. The van der Waals surface area contributed by atoms with E-state index in [-0.39, 0.29) is 23.7 Å². The summed E-state index contributed by atoms with van der Waals surface area (Å²) in [5.74, 6) is 0.477. The fourth-order valence-electron chi connectivity index (χ4n) is 8.48. The monoisotopic (exact) mass is 733 g/mol. The number of carbonyl (C=O) groups excluding carboxylic acids is 2. The Hall–Kier alpha value is -3.67. The van der Waals surface area contributed by atoms with Gasteiger partial charge in [-0.2, -0.15) is 5.10 Å². The van der Waals surface area contributed by atoms with Gasteiger partial charge in [0.05, 0.1) is 29.8 Å². The van der Waals surface area contributed by atoms with Crippen molar-refractivity contribution in [3.05, 3.63) is 87.7 Å². The lowest BCUT2D eigenvalue weighted by Gasteiger charge is -2.46. The number of nitrogens with zero attached hydrogens (tertiary/aromatic N) is 4. The van der Waals surface area contributed by atoms with Crippen molar-refractivity contribution in [1.82, 2.24) is 14.5 Å². The predicted molar refractivity (Wildman–Crippen MR) is 200 cm³/mol. The van der Waals surface area contributed by atoms with Gasteiger partial charge in [-0.3, -0.25) is 19.0 Å². The van der Waals surface area contributed by atoms with Gasteiger partial charge in [0.15, 0.2) is 0 Å². The molecule has 2 bridgehead atoms. The normalized spacial score (nSPS) is 28.4. The molecule has 2 aromatic carbocycles. The fourth-order valence-corrected chi connectivity index (χ4v) is 10.3. The second kappa shape index (κ2) is 14.8. The Morgan fingerprint density at radius 3 is 2.80 bits per heavy atom. The second-order valence-corrected chi connectivity index (χ2v) is 17.2. The number of hydrogen-bond acceptors (Lipinski definition) is 7. The Morgan fingerprint density at radius 1 is 1.18 bits per heavy atom. The molecule has 51 heavy (non-hydrogen) atoms. The highest BCUT2D eigenvalue weighted by atomic mass is 35.5. The number of carbonyl (C=O) groups is 2. The number of methoxy groups -OCH3 is 1. The van der Waals surface area contributed by atoms with Crippen LogP contribution in [0.3, 0.4) is 0 Å². The smallest absolute Gasteiger partial charge is 0.286 e. The molecule has 1 N–H and O–H groups in total. The predicted octanol–water partition coefficient (Wildman–Crippen LogP) is 6.52. The van der Waals surface area contributed by atoms with E-state index >= 15 is 0 Å². The van der Waals surface area contributed by atoms with Crippen molar-refractivity contribution in [2.75, 3.05) is 37.5 Å². The molecule has 3 heterocycles. The number of hydrogen-bond donors (Lipinski definition) is 1. The topological polar surface area (TPSA) is 115 Å². The highest BCUT2D eigenvalue weighted by molar-refractivity contribution is 7.92. The molecule has 2 amide bonds. The molecule has 2 aliphatic heterocycles. The number of halogens is 1. The van der Waals surface area contributed by atoms with Crippen LogP contribution in [0.25, 0.3) is 0 Å². The van der Waals surface area contributed by atoms with Gasteiger partial charge in [-0.25, -0.2) is 4.21 Å². The van der Waals surface area contributed by atoms with Gasteiger partial charge in [0.1, 0.15) is 15.7 Å². The van der Waals surface area contributed by atoms with Crippen LogP contribution < -0.4 is 14.4 Å². The van der Waals surface area contributed by atoms with E-state index in [1.54, 1.807) is 17.9 Å². The quantitative estimate of drug-likeness (QED) is 0.297. The first kappa shape index (κ1) is 35.7. The number of allylic oxidation sites excluding steroid dienone is 1. The van der Waals surface area contributed by atoms with Crippen LogP contribution in [0.5, 0.6) is 5.75 Å². The summed E-state index contributed by atoms with van der Waals surface area (Å²) in [6.45, 7) is 3.92. The van der Waals surface area contributed by atoms with Gasteiger partial charge in [0.2, 0.25) is 5.91 Å². The number of aromatic nitrogens is 2. The highest BCUT2D eigenvalue weighted by Crippen LogP contribution is 2.47. The summed E-state index contributed by atoms with van der Waals surface area (Å²) in [4.78, 5) is 29.5. The Bertz CT molecular complexity index is 1970. The van der Waals surface area contributed by atoms with E-state index in [9.17, 15) is 13.8 Å². The molecule has 1 fully saturated rings. The molecule has 2 aliphatic carbocycles. The van der Waals surface area contributed by atoms with Gasteiger partial charge in [0.25, 0.3) is 5.91 Å². The first-order chi connectivity index (χ1) is 24.5. The second-order valence-electron chi connectivity index (χ2n) is 14.7. The summed E-state index contributed by atoms with van der Waals surface area (Å²) in [6.07, 6.45) is 11.0. The number of anilines is 1. The van der Waals surface area contributed by atoms with E-state index in [0.29, 0.717) is 49.0 Å². The van der Waals surface area contributed by atoms with Crippen LogP contribution in [0, 0.1) is 18.8 Å². The SMILES string of the molecule is CO[C@H]1/C=C/CCC[S@@](=O)(NC(=O)CCc2cc(C)nn2C)=NC(=O)c2ccc3c(c2)N(C[C@@H]2CC[C@H]21)C[C@@]1(CCCc2cc(Cl)ccc21)CO3. The molecule has 12 heteroatoms. The molecule has 1 aromatic heterocycles. The summed E-state index contributed by atoms with van der Waals surface area (Å²) < 4.78 is 35.6. The number of benzene rings is 2. The van der Waals surface area contributed by atoms with Crippen LogP contribution >= 0.6 is 11.6 Å². The van der Waals surface area contributed by atoms with E-state index in [2.05, 4.69) is 43.4 Å². The molecule has 0 saturated heterocycles. The lowest BCUT2D eigenvalue weighted by molar-refractivity contribution is -0.119. The van der Waals surface area contributed by atoms with Crippen LogP contribution in [-0.2, 0) is 44.8 Å². The van der Waals surface area contributed by atoms with Crippen LogP contribution in [0.1, 0.15) is 77.8 Å². The number of amides is 2. The molecule has 3 aromatic rings. The summed E-state index contributed by atoms with van der Waals surface area (Å²) >= 11 is 6.45. The first-order valence-corrected chi connectivity index (χ1v) is 20.2. The van der Waals surface area contributed by atoms with Crippen molar-refractivity contribution < 1.29 is 23.3 Å². The van der Waals surface area contributed by atoms with Gasteiger partial charge in [-0.15, -0.1) is 4.36 Å². The van der Waals surface area contributed by atoms with E-state index in [4.69, 9.17) is 21.1 Å². The Morgan fingerprint density at radius 2 is 2.04 bits per heavy atom. The standard InChI is InChI=1S/C39H48ClN5O5S/c1-26-20-31(44(2)41-26)13-17-37(46)42-51(48)19-6-4-5-9-35(49-3)32-14-10-29(32)23-45-24-39(18-7-8-27-21-30(40)12-15-33(27)39)25-50-36-16-11-28(22-34(36)45)38(47)43-51/h5,9,11-12,15-16,20-22,29,32,35H,4,6-8,10,13-14,17-19,23-25H2,1-3H3,(H,42,43,46,47,48)/b9-5+/t29-,32+,35-,39-,51+/m0/s1. The average molecular weight is 734 g/mol. The molecule has 7 rings (SSSR count). The third kappa shape index (κ3) is 7.62. The molecular formula is C39H48ClN5O5S. The zero-order valence-electron chi connectivity index (χ0n) is 29.7. The zero-order chi connectivity index (χ0) is 35.8. The molecule has 272 valence electrons. The van der Waals surface area contributed by atoms with Crippen molar-refractivity contribution in [2.24, 2.45) is 23.2 Å². The summed E-state index contributed by atoms with van der Waals surface area (Å²) in [5.41, 5.74) is 5.20. The average Bonchev–Trinajstić information content (AvgIpc) is 3.33. The Kier molecular flexibility index (Phi) is 10.3. The zero-order valence-corrected chi connectivity index (χ0v) is 31.3. The largest absolute Gasteiger partial charge is 0.490 e. The molecule has 0 radical (unpaired) electrons. The minimum absolute atomic E-state index is 0.0387. The van der Waals surface area contributed by atoms with Crippen LogP contribution in [0.4, 0.5) is 5.69 Å². The molecule has 1 saturated carbocycles. The minimum atomic E-state index is -3.42. The fraction of sp³-hybridized carbons (Fsp3) is 0.513. The maximum atomic E-state index is 14.3. The maximum absolute atomic E-state index is 14.3. The van der Waals surface area contributed by atoms with E-state index in [0.717, 1.165) is 67.3 Å². The minimum Gasteiger partial charge on any atom is -0.490 e.